The summed E-state index contributed by atoms with van der Waals surface area (Å²) in [6, 6.07) is 16.5. The van der Waals surface area contributed by atoms with Gasteiger partial charge in [-0.3, -0.25) is 9.59 Å². The van der Waals surface area contributed by atoms with Gasteiger partial charge in [0, 0.05) is 23.7 Å². The van der Waals surface area contributed by atoms with Crippen LogP contribution in [-0.2, 0) is 4.79 Å². The number of aromatic nitrogens is 1. The highest BCUT2D eigenvalue weighted by atomic mass is 35.5. The first-order valence-corrected chi connectivity index (χ1v) is 14.4. The Bertz CT molecular complexity index is 1370. The molecule has 3 aromatic rings. The highest BCUT2D eigenvalue weighted by Crippen LogP contribution is 2.37. The van der Waals surface area contributed by atoms with Crippen LogP contribution in [0.15, 0.2) is 54.6 Å². The third-order valence-corrected chi connectivity index (χ3v) is 7.47. The fraction of sp³-hybridized carbons (Fsp3) is 0.424. The van der Waals surface area contributed by atoms with Crippen LogP contribution in [0, 0.1) is 18.3 Å². The van der Waals surface area contributed by atoms with E-state index in [-0.39, 0.29) is 5.69 Å². The average Bonchev–Trinajstić information content (AvgIpc) is 2.91. The normalized spacial score (nSPS) is 13.1. The molecule has 220 valence electrons. The van der Waals surface area contributed by atoms with Crippen LogP contribution < -0.4 is 10.1 Å². The molecule has 0 aliphatic carbocycles. The number of carbonyl (C=O) groups excluding carboxylic acids is 1. The van der Waals surface area contributed by atoms with Crippen LogP contribution in [0.2, 0.25) is 5.02 Å². The first-order chi connectivity index (χ1) is 19.3. The molecule has 1 aromatic heterocycles. The van der Waals surface area contributed by atoms with Crippen LogP contribution in [0.3, 0.4) is 0 Å². The molecule has 0 bridgehead atoms. The molecule has 0 radical (unpaired) electrons. The van der Waals surface area contributed by atoms with E-state index in [1.54, 1.807) is 12.1 Å². The van der Waals surface area contributed by atoms with Crippen molar-refractivity contribution in [2.45, 2.75) is 53.5 Å². The van der Waals surface area contributed by atoms with Crippen molar-refractivity contribution < 1.29 is 19.4 Å². The molecule has 0 saturated heterocycles. The van der Waals surface area contributed by atoms with E-state index in [4.69, 9.17) is 21.3 Å². The summed E-state index contributed by atoms with van der Waals surface area (Å²) in [5, 5.41) is 13.3. The van der Waals surface area contributed by atoms with Gasteiger partial charge in [0.15, 0.2) is 0 Å². The van der Waals surface area contributed by atoms with Crippen molar-refractivity contribution in [3.8, 4) is 28.1 Å². The molecule has 1 amide bonds. The fourth-order valence-corrected chi connectivity index (χ4v) is 5.08. The number of hydrogen-bond acceptors (Lipinski definition) is 5. The number of nitrogens with one attached hydrogen (secondary N) is 1. The highest BCUT2D eigenvalue weighted by Gasteiger charge is 2.37. The van der Waals surface area contributed by atoms with E-state index in [1.165, 1.54) is 0 Å². The Kier molecular flexibility index (Phi) is 10.9. The second-order valence-corrected chi connectivity index (χ2v) is 12.1. The zero-order valence-corrected chi connectivity index (χ0v) is 25.9. The van der Waals surface area contributed by atoms with Crippen LogP contribution in [0.5, 0.6) is 5.75 Å². The van der Waals surface area contributed by atoms with Gasteiger partial charge in [0.1, 0.15) is 11.4 Å². The SMILES string of the molecule is CCC(C(=O)O)[C@H](NC(=O)c1ccc(-c2ccccc2C)c(-c2ccc(Cl)c(OCCCN(C)C)c2)n1)C(C)(C)C. The molecule has 1 unspecified atom stereocenters. The van der Waals surface area contributed by atoms with Gasteiger partial charge < -0.3 is 20.1 Å². The first-order valence-electron chi connectivity index (χ1n) is 14.0. The zero-order valence-electron chi connectivity index (χ0n) is 25.1. The molecule has 7 nitrogen and oxygen atoms in total. The quantitative estimate of drug-likeness (QED) is 0.225. The van der Waals surface area contributed by atoms with Crippen molar-refractivity contribution >= 4 is 23.5 Å². The number of aliphatic carboxylic acids is 1. The van der Waals surface area contributed by atoms with E-state index in [2.05, 4.69) is 10.2 Å². The second-order valence-electron chi connectivity index (χ2n) is 11.7. The van der Waals surface area contributed by atoms with Crippen LogP contribution in [0.4, 0.5) is 0 Å². The minimum atomic E-state index is -0.935. The molecule has 2 aromatic carbocycles. The number of hydrogen-bond donors (Lipinski definition) is 2. The van der Waals surface area contributed by atoms with Gasteiger partial charge in [0.2, 0.25) is 0 Å². The lowest BCUT2D eigenvalue weighted by molar-refractivity contribution is -0.144. The topological polar surface area (TPSA) is 91.8 Å². The number of carbonyl (C=O) groups is 2. The number of aryl methyl sites for hydroxylation is 1. The van der Waals surface area contributed by atoms with Gasteiger partial charge in [-0.05, 0) is 74.7 Å². The number of ether oxygens (including phenoxy) is 1. The van der Waals surface area contributed by atoms with E-state index in [0.29, 0.717) is 29.5 Å². The van der Waals surface area contributed by atoms with Crippen molar-refractivity contribution in [1.29, 1.82) is 0 Å². The summed E-state index contributed by atoms with van der Waals surface area (Å²) in [5.74, 6) is -1.53. The monoisotopic (exact) mass is 579 g/mol. The van der Waals surface area contributed by atoms with E-state index in [9.17, 15) is 14.7 Å². The Morgan fingerprint density at radius 3 is 2.39 bits per heavy atom. The molecule has 3 rings (SSSR count). The lowest BCUT2D eigenvalue weighted by Crippen LogP contribution is -2.51. The minimum absolute atomic E-state index is 0.204. The summed E-state index contributed by atoms with van der Waals surface area (Å²) in [6.45, 7) is 11.0. The minimum Gasteiger partial charge on any atom is -0.492 e. The molecular weight excluding hydrogens is 538 g/mol. The summed E-state index contributed by atoms with van der Waals surface area (Å²) in [5.41, 5.74) is 4.03. The van der Waals surface area contributed by atoms with Crippen LogP contribution in [-0.4, -0.2) is 60.2 Å². The fourth-order valence-electron chi connectivity index (χ4n) is 4.91. The van der Waals surface area contributed by atoms with Gasteiger partial charge >= 0.3 is 5.97 Å². The van der Waals surface area contributed by atoms with Gasteiger partial charge in [-0.25, -0.2) is 4.98 Å². The number of nitrogens with zero attached hydrogens (tertiary/aromatic N) is 2. The Labute approximate surface area is 248 Å². The third-order valence-electron chi connectivity index (χ3n) is 7.15. The number of pyridine rings is 1. The number of carboxylic acid groups (broad SMARTS) is 1. The van der Waals surface area contributed by atoms with E-state index < -0.39 is 29.3 Å². The van der Waals surface area contributed by atoms with Crippen LogP contribution in [0.25, 0.3) is 22.4 Å². The molecule has 2 N–H and O–H groups in total. The lowest BCUT2D eigenvalue weighted by atomic mass is 9.77. The standard InChI is InChI=1S/C33H42ClN3O4/c1-8-23(32(39)40)30(33(3,4)5)36-31(38)27-17-15-25(24-13-10-9-12-21(24)2)29(35-27)22-14-16-26(34)28(20-22)41-19-11-18-37(6)7/h9-10,12-17,20,23,30H,8,11,18-19H2,1-7H3,(H,36,38)(H,39,40)/t23?,30-/m0/s1. The number of amides is 1. The van der Waals surface area contributed by atoms with Crippen LogP contribution >= 0.6 is 11.6 Å². The van der Waals surface area contributed by atoms with Crippen molar-refractivity contribution in [1.82, 2.24) is 15.2 Å². The van der Waals surface area contributed by atoms with Crippen molar-refractivity contribution in [2.24, 2.45) is 11.3 Å². The van der Waals surface area contributed by atoms with E-state index in [1.807, 2.05) is 91.2 Å². The summed E-state index contributed by atoms with van der Waals surface area (Å²) in [4.78, 5) is 32.5. The summed E-state index contributed by atoms with van der Waals surface area (Å²) >= 11 is 6.49. The van der Waals surface area contributed by atoms with Gasteiger partial charge in [0.05, 0.1) is 23.2 Å². The molecule has 0 fully saturated rings. The van der Waals surface area contributed by atoms with Crippen molar-refractivity contribution in [3.63, 3.8) is 0 Å². The maximum absolute atomic E-state index is 13.6. The van der Waals surface area contributed by atoms with E-state index in [0.717, 1.165) is 35.2 Å². The largest absolute Gasteiger partial charge is 0.492 e. The average molecular weight is 580 g/mol. The molecule has 0 spiro atoms. The Morgan fingerprint density at radius 1 is 1.07 bits per heavy atom. The molecule has 2 atom stereocenters. The Hall–Kier alpha value is -3.42. The summed E-state index contributed by atoms with van der Waals surface area (Å²) in [7, 11) is 4.03. The van der Waals surface area contributed by atoms with Gasteiger partial charge in [-0.1, -0.05) is 69.6 Å². The number of carboxylic acids is 1. The number of rotatable bonds is 12. The molecule has 0 saturated carbocycles. The first kappa shape index (κ1) is 32.1. The molecular formula is C33H42ClN3O4. The highest BCUT2D eigenvalue weighted by molar-refractivity contribution is 6.32. The molecule has 0 aliphatic rings. The maximum Gasteiger partial charge on any atom is 0.308 e. The van der Waals surface area contributed by atoms with Crippen LogP contribution in [0.1, 0.15) is 56.6 Å². The van der Waals surface area contributed by atoms with Gasteiger partial charge in [-0.2, -0.15) is 0 Å². The summed E-state index contributed by atoms with van der Waals surface area (Å²) < 4.78 is 6.03. The van der Waals surface area contributed by atoms with Gasteiger partial charge in [0.25, 0.3) is 5.91 Å². The zero-order chi connectivity index (χ0) is 30.3. The Balaban J connectivity index is 2.07. The maximum atomic E-state index is 13.6. The lowest BCUT2D eigenvalue weighted by Gasteiger charge is -2.35. The molecule has 0 aliphatic heterocycles. The molecule has 41 heavy (non-hydrogen) atoms. The smallest absolute Gasteiger partial charge is 0.308 e. The predicted octanol–water partition coefficient (Wildman–Crippen LogP) is 6.96. The predicted molar refractivity (Wildman–Crippen MR) is 166 cm³/mol. The molecule has 1 heterocycles. The Morgan fingerprint density at radius 2 is 1.78 bits per heavy atom. The van der Waals surface area contributed by atoms with E-state index >= 15 is 0 Å². The number of benzene rings is 2. The second kappa shape index (κ2) is 14.0. The number of halogens is 1. The third kappa shape index (κ3) is 8.30. The molecule has 8 heteroatoms. The van der Waals surface area contributed by atoms with Gasteiger partial charge in [-0.15, -0.1) is 0 Å². The summed E-state index contributed by atoms with van der Waals surface area (Å²) in [6.07, 6.45) is 1.24. The van der Waals surface area contributed by atoms with Crippen molar-refractivity contribution in [3.05, 3.63) is 70.9 Å². The van der Waals surface area contributed by atoms with Crippen molar-refractivity contribution in [2.75, 3.05) is 27.2 Å².